The average molecular weight is 218 g/mol. The Hall–Kier alpha value is -1.81. The van der Waals surface area contributed by atoms with Crippen LogP contribution in [0.25, 0.3) is 0 Å². The number of allylic oxidation sites excluding steroid dienone is 1. The molecular weight excluding hydrogens is 204 g/mol. The first-order chi connectivity index (χ1) is 7.76. The summed E-state index contributed by atoms with van der Waals surface area (Å²) in [6.45, 7) is 0.521. The molecule has 0 heterocycles. The number of carbonyl (C=O) groups excluding carboxylic acids is 1. The van der Waals surface area contributed by atoms with E-state index in [1.165, 1.54) is 6.26 Å². The highest BCUT2D eigenvalue weighted by Crippen LogP contribution is 2.27. The van der Waals surface area contributed by atoms with Crippen LogP contribution in [0.3, 0.4) is 0 Å². The molecule has 16 heavy (non-hydrogen) atoms. The van der Waals surface area contributed by atoms with Crippen molar-refractivity contribution in [2.45, 2.75) is 32.1 Å². The highest BCUT2D eigenvalue weighted by atomic mass is 16.5. The number of Topliss-reactive ketones (excluding diaryl/α,β-unsaturated/α-hetero) is 1. The van der Waals surface area contributed by atoms with Gasteiger partial charge in [0.2, 0.25) is 0 Å². The van der Waals surface area contributed by atoms with Gasteiger partial charge in [0.05, 0.1) is 6.61 Å². The monoisotopic (exact) mass is 218 g/mol. The number of nitrogens with zero attached hydrogens (tertiary/aromatic N) is 2. The van der Waals surface area contributed by atoms with Crippen molar-refractivity contribution < 1.29 is 9.53 Å². The fourth-order valence-corrected chi connectivity index (χ4v) is 1.63. The van der Waals surface area contributed by atoms with Gasteiger partial charge >= 0.3 is 0 Å². The first kappa shape index (κ1) is 12.3. The molecule has 0 aromatic heterocycles. The molecule has 0 atom stereocenters. The van der Waals surface area contributed by atoms with Crippen LogP contribution in [0, 0.1) is 28.6 Å². The Morgan fingerprint density at radius 3 is 2.62 bits per heavy atom. The molecule has 1 aliphatic carbocycles. The minimum Gasteiger partial charge on any atom is -0.499 e. The number of nitriles is 2. The maximum Gasteiger partial charge on any atom is 0.163 e. The van der Waals surface area contributed by atoms with E-state index in [1.54, 1.807) is 12.1 Å². The van der Waals surface area contributed by atoms with Gasteiger partial charge in [-0.1, -0.05) is 0 Å². The van der Waals surface area contributed by atoms with Crippen LogP contribution in [-0.4, -0.2) is 12.4 Å². The lowest BCUT2D eigenvalue weighted by molar-refractivity contribution is -0.127. The maximum atomic E-state index is 10.7. The lowest BCUT2D eigenvalue weighted by Crippen LogP contribution is -2.22. The Kier molecular flexibility index (Phi) is 5.08. The van der Waals surface area contributed by atoms with E-state index in [1.807, 2.05) is 0 Å². The third-order valence-corrected chi connectivity index (χ3v) is 2.60. The first-order valence-electron chi connectivity index (χ1n) is 5.40. The number of ketones is 1. The minimum absolute atomic E-state index is 0.00964. The van der Waals surface area contributed by atoms with Gasteiger partial charge in [-0.2, -0.15) is 10.5 Å². The Morgan fingerprint density at radius 2 is 2.06 bits per heavy atom. The van der Waals surface area contributed by atoms with Crippen molar-refractivity contribution >= 4 is 5.78 Å². The molecule has 0 aliphatic heterocycles. The Morgan fingerprint density at radius 1 is 1.38 bits per heavy atom. The SMILES string of the molecule is N#CC(C#N)=COCCCCC1CC(=O)C1. The van der Waals surface area contributed by atoms with Crippen molar-refractivity contribution in [2.75, 3.05) is 6.61 Å². The molecule has 0 spiro atoms. The Bertz CT molecular complexity index is 336. The quantitative estimate of drug-likeness (QED) is 0.388. The summed E-state index contributed by atoms with van der Waals surface area (Å²) in [5.41, 5.74) is -0.00964. The molecule has 4 nitrogen and oxygen atoms in total. The summed E-state index contributed by atoms with van der Waals surface area (Å²) in [5, 5.41) is 16.8. The van der Waals surface area contributed by atoms with Gasteiger partial charge < -0.3 is 4.74 Å². The lowest BCUT2D eigenvalue weighted by atomic mass is 9.81. The van der Waals surface area contributed by atoms with Crippen LogP contribution in [0.4, 0.5) is 0 Å². The third kappa shape index (κ3) is 4.14. The molecule has 1 saturated carbocycles. The van der Waals surface area contributed by atoms with E-state index in [0.29, 0.717) is 18.3 Å². The largest absolute Gasteiger partial charge is 0.499 e. The summed E-state index contributed by atoms with van der Waals surface area (Å²) in [6, 6.07) is 3.44. The molecule has 4 heteroatoms. The summed E-state index contributed by atoms with van der Waals surface area (Å²) in [6.07, 6.45) is 5.68. The van der Waals surface area contributed by atoms with Crippen molar-refractivity contribution in [3.8, 4) is 12.1 Å². The van der Waals surface area contributed by atoms with Gasteiger partial charge in [-0.25, -0.2) is 0 Å². The normalized spacial score (nSPS) is 14.5. The molecule has 1 fully saturated rings. The molecular formula is C12H14N2O2. The number of hydrogen-bond donors (Lipinski definition) is 0. The maximum absolute atomic E-state index is 10.7. The molecule has 84 valence electrons. The van der Waals surface area contributed by atoms with E-state index in [0.717, 1.165) is 32.1 Å². The zero-order valence-electron chi connectivity index (χ0n) is 9.11. The van der Waals surface area contributed by atoms with Gasteiger partial charge in [-0.3, -0.25) is 4.79 Å². The molecule has 0 unspecified atom stereocenters. The molecule has 1 rings (SSSR count). The molecule has 0 bridgehead atoms. The fourth-order valence-electron chi connectivity index (χ4n) is 1.63. The summed E-state index contributed by atoms with van der Waals surface area (Å²) >= 11 is 0. The second-order valence-electron chi connectivity index (χ2n) is 3.93. The second kappa shape index (κ2) is 6.63. The van der Waals surface area contributed by atoms with E-state index in [-0.39, 0.29) is 5.57 Å². The van der Waals surface area contributed by atoms with Gasteiger partial charge in [0, 0.05) is 12.8 Å². The minimum atomic E-state index is -0.00964. The van der Waals surface area contributed by atoms with Crippen LogP contribution in [0.1, 0.15) is 32.1 Å². The fraction of sp³-hybridized carbons (Fsp3) is 0.583. The van der Waals surface area contributed by atoms with E-state index in [4.69, 9.17) is 15.3 Å². The Labute approximate surface area is 95.1 Å². The summed E-state index contributed by atoms with van der Waals surface area (Å²) in [5.74, 6) is 0.952. The van der Waals surface area contributed by atoms with Gasteiger partial charge in [-0.15, -0.1) is 0 Å². The zero-order valence-corrected chi connectivity index (χ0v) is 9.11. The summed E-state index contributed by atoms with van der Waals surface area (Å²) < 4.78 is 5.06. The van der Waals surface area contributed by atoms with Crippen molar-refractivity contribution in [1.82, 2.24) is 0 Å². The summed E-state index contributed by atoms with van der Waals surface area (Å²) in [4.78, 5) is 10.7. The smallest absolute Gasteiger partial charge is 0.163 e. The number of hydrogen-bond acceptors (Lipinski definition) is 4. The van der Waals surface area contributed by atoms with Crippen LogP contribution in [0.2, 0.25) is 0 Å². The number of carbonyl (C=O) groups is 1. The predicted octanol–water partition coefficient (Wildman–Crippen LogP) is 2.08. The average Bonchev–Trinajstić information content (AvgIpc) is 2.25. The predicted molar refractivity (Wildman–Crippen MR) is 56.8 cm³/mol. The molecule has 0 radical (unpaired) electrons. The van der Waals surface area contributed by atoms with E-state index < -0.39 is 0 Å². The zero-order chi connectivity index (χ0) is 11.8. The first-order valence-corrected chi connectivity index (χ1v) is 5.40. The van der Waals surface area contributed by atoms with Crippen molar-refractivity contribution in [3.63, 3.8) is 0 Å². The molecule has 0 aromatic rings. The van der Waals surface area contributed by atoms with Crippen LogP contribution in [-0.2, 0) is 9.53 Å². The lowest BCUT2D eigenvalue weighted by Gasteiger charge is -2.23. The number of unbranched alkanes of at least 4 members (excludes halogenated alkanes) is 1. The van der Waals surface area contributed by atoms with Gasteiger partial charge in [0.25, 0.3) is 0 Å². The molecule has 1 aliphatic rings. The second-order valence-corrected chi connectivity index (χ2v) is 3.93. The van der Waals surface area contributed by atoms with Crippen LogP contribution in [0.5, 0.6) is 0 Å². The van der Waals surface area contributed by atoms with E-state index in [2.05, 4.69) is 0 Å². The molecule has 0 aromatic carbocycles. The number of ether oxygens (including phenoxy) is 1. The van der Waals surface area contributed by atoms with Crippen LogP contribution >= 0.6 is 0 Å². The summed E-state index contributed by atoms with van der Waals surface area (Å²) in [7, 11) is 0. The van der Waals surface area contributed by atoms with Crippen LogP contribution < -0.4 is 0 Å². The van der Waals surface area contributed by atoms with Crippen molar-refractivity contribution in [2.24, 2.45) is 5.92 Å². The van der Waals surface area contributed by atoms with E-state index >= 15 is 0 Å². The van der Waals surface area contributed by atoms with Crippen LogP contribution in [0.15, 0.2) is 11.8 Å². The molecule has 0 saturated heterocycles. The van der Waals surface area contributed by atoms with Gasteiger partial charge in [0.15, 0.2) is 5.57 Å². The number of rotatable bonds is 6. The standard InChI is InChI=1S/C12H14N2O2/c13-7-11(8-14)9-16-4-2-1-3-10-5-12(15)6-10/h9-10H,1-6H2. The molecule has 0 amide bonds. The van der Waals surface area contributed by atoms with Crippen molar-refractivity contribution in [3.05, 3.63) is 11.8 Å². The van der Waals surface area contributed by atoms with E-state index in [9.17, 15) is 4.79 Å². The third-order valence-electron chi connectivity index (χ3n) is 2.60. The highest BCUT2D eigenvalue weighted by molar-refractivity contribution is 5.84. The van der Waals surface area contributed by atoms with Gasteiger partial charge in [0.1, 0.15) is 24.2 Å². The highest BCUT2D eigenvalue weighted by Gasteiger charge is 2.25. The van der Waals surface area contributed by atoms with Crippen molar-refractivity contribution in [1.29, 1.82) is 10.5 Å². The molecule has 0 N–H and O–H groups in total. The topological polar surface area (TPSA) is 73.9 Å². The Balaban J connectivity index is 1.97. The van der Waals surface area contributed by atoms with Gasteiger partial charge in [-0.05, 0) is 25.2 Å².